The van der Waals surface area contributed by atoms with E-state index >= 15 is 0 Å². The van der Waals surface area contributed by atoms with E-state index < -0.39 is 23.8 Å². The normalized spacial score (nSPS) is 13.8. The third-order valence-electron chi connectivity index (χ3n) is 5.64. The number of esters is 3. The molecule has 0 saturated carbocycles. The Bertz CT molecular complexity index is 1180. The van der Waals surface area contributed by atoms with Crippen molar-refractivity contribution in [2.45, 2.75) is 53.7 Å². The Labute approximate surface area is 215 Å². The zero-order valence-electron chi connectivity index (χ0n) is 21.7. The summed E-state index contributed by atoms with van der Waals surface area (Å²) < 4.78 is 23.2. The lowest BCUT2D eigenvalue weighted by molar-refractivity contribution is -0.144. The topological polar surface area (TPSA) is 131 Å². The van der Waals surface area contributed by atoms with E-state index in [1.807, 2.05) is 0 Å². The first kappa shape index (κ1) is 27.4. The van der Waals surface area contributed by atoms with E-state index in [-0.39, 0.29) is 33.0 Å². The zero-order valence-corrected chi connectivity index (χ0v) is 21.7. The SMILES string of the molecule is CCOC(=O)Cn1nncc1COc1ccccc1C1C(C(=O)OCC)=C(C)NC(C)=C1C(=O)OCC. The third-order valence-corrected chi connectivity index (χ3v) is 5.64. The van der Waals surface area contributed by atoms with Crippen LogP contribution in [0.2, 0.25) is 0 Å². The van der Waals surface area contributed by atoms with E-state index in [1.165, 1.54) is 10.9 Å². The molecule has 11 nitrogen and oxygen atoms in total. The van der Waals surface area contributed by atoms with Crippen LogP contribution in [0, 0.1) is 0 Å². The van der Waals surface area contributed by atoms with Gasteiger partial charge in [-0.3, -0.25) is 4.79 Å². The fraction of sp³-hybridized carbons (Fsp3) is 0.423. The summed E-state index contributed by atoms with van der Waals surface area (Å²) in [4.78, 5) is 38.1. The van der Waals surface area contributed by atoms with Gasteiger partial charge < -0.3 is 24.3 Å². The molecule has 0 radical (unpaired) electrons. The van der Waals surface area contributed by atoms with Crippen LogP contribution in [0.5, 0.6) is 5.75 Å². The number of rotatable bonds is 11. The second kappa shape index (κ2) is 12.7. The molecule has 0 aliphatic carbocycles. The maximum Gasteiger partial charge on any atom is 0.336 e. The number of nitrogens with one attached hydrogen (secondary N) is 1. The first-order chi connectivity index (χ1) is 17.8. The van der Waals surface area contributed by atoms with E-state index in [0.29, 0.717) is 39.5 Å². The quantitative estimate of drug-likeness (QED) is 0.354. The van der Waals surface area contributed by atoms with Gasteiger partial charge in [0.15, 0.2) is 0 Å². The standard InChI is InChI=1S/C26H32N4O7/c1-6-34-21(31)14-30-18(13-27-29-30)15-37-20-12-10-9-11-19(20)24-22(25(32)35-7-2)16(4)28-17(5)23(24)26(33)36-8-3/h9-13,24,28H,6-8,14-15H2,1-5H3. The van der Waals surface area contributed by atoms with Crippen molar-refractivity contribution in [3.63, 3.8) is 0 Å². The molecule has 11 heteroatoms. The van der Waals surface area contributed by atoms with Gasteiger partial charge >= 0.3 is 17.9 Å². The van der Waals surface area contributed by atoms with Gasteiger partial charge in [0.05, 0.1) is 48.8 Å². The Balaban J connectivity index is 2.01. The van der Waals surface area contributed by atoms with Crippen molar-refractivity contribution >= 4 is 17.9 Å². The number of benzene rings is 1. The monoisotopic (exact) mass is 512 g/mol. The van der Waals surface area contributed by atoms with E-state index in [0.717, 1.165) is 0 Å². The van der Waals surface area contributed by atoms with Gasteiger partial charge in [-0.15, -0.1) is 5.10 Å². The zero-order chi connectivity index (χ0) is 26.9. The fourth-order valence-electron chi connectivity index (χ4n) is 4.12. The van der Waals surface area contributed by atoms with E-state index in [4.69, 9.17) is 18.9 Å². The summed E-state index contributed by atoms with van der Waals surface area (Å²) >= 11 is 0. The van der Waals surface area contributed by atoms with E-state index in [2.05, 4.69) is 15.6 Å². The molecular weight excluding hydrogens is 480 g/mol. The summed E-state index contributed by atoms with van der Waals surface area (Å²) in [6.07, 6.45) is 1.49. The van der Waals surface area contributed by atoms with Crippen molar-refractivity contribution in [3.8, 4) is 5.75 Å². The molecule has 37 heavy (non-hydrogen) atoms. The lowest BCUT2D eigenvalue weighted by Gasteiger charge is -2.31. The molecule has 0 fully saturated rings. The van der Waals surface area contributed by atoms with Crippen LogP contribution in [0.3, 0.4) is 0 Å². The van der Waals surface area contributed by atoms with Gasteiger partial charge in [0.2, 0.25) is 0 Å². The lowest BCUT2D eigenvalue weighted by atomic mass is 9.80. The van der Waals surface area contributed by atoms with Crippen molar-refractivity contribution in [2.24, 2.45) is 0 Å². The smallest absolute Gasteiger partial charge is 0.336 e. The maximum atomic E-state index is 13.1. The summed E-state index contributed by atoms with van der Waals surface area (Å²) in [5.41, 5.74) is 2.85. The van der Waals surface area contributed by atoms with Gasteiger partial charge in [-0.1, -0.05) is 23.4 Å². The van der Waals surface area contributed by atoms with Crippen LogP contribution >= 0.6 is 0 Å². The molecule has 0 spiro atoms. The summed E-state index contributed by atoms with van der Waals surface area (Å²) in [7, 11) is 0. The fourth-order valence-corrected chi connectivity index (χ4v) is 4.12. The predicted molar refractivity (Wildman–Crippen MR) is 132 cm³/mol. The first-order valence-corrected chi connectivity index (χ1v) is 12.1. The summed E-state index contributed by atoms with van der Waals surface area (Å²) in [5.74, 6) is -1.89. The molecule has 1 aromatic heterocycles. The molecule has 1 aliphatic rings. The highest BCUT2D eigenvalue weighted by Gasteiger charge is 2.39. The van der Waals surface area contributed by atoms with Crippen LogP contribution in [0.1, 0.15) is 51.8 Å². The molecule has 2 heterocycles. The number of hydrogen-bond acceptors (Lipinski definition) is 10. The lowest BCUT2D eigenvalue weighted by Crippen LogP contribution is -2.32. The Morgan fingerprint density at radius 3 is 2.11 bits per heavy atom. The number of para-hydroxylation sites is 1. The van der Waals surface area contributed by atoms with Gasteiger partial charge in [0.25, 0.3) is 0 Å². The molecule has 1 aliphatic heterocycles. The Kier molecular flexibility index (Phi) is 9.42. The summed E-state index contributed by atoms with van der Waals surface area (Å²) in [6.45, 7) is 9.21. The summed E-state index contributed by atoms with van der Waals surface area (Å²) in [6, 6.07) is 7.12. The molecule has 2 aromatic rings. The highest BCUT2D eigenvalue weighted by atomic mass is 16.5. The minimum atomic E-state index is -0.793. The minimum Gasteiger partial charge on any atom is -0.487 e. The number of allylic oxidation sites excluding steroid dienone is 2. The van der Waals surface area contributed by atoms with Crippen LogP contribution in [0.15, 0.2) is 53.0 Å². The number of hydrogen-bond donors (Lipinski definition) is 1. The largest absolute Gasteiger partial charge is 0.487 e. The number of aromatic nitrogens is 3. The predicted octanol–water partition coefficient (Wildman–Crippen LogP) is 2.78. The van der Waals surface area contributed by atoms with Gasteiger partial charge in [-0.05, 0) is 40.7 Å². The van der Waals surface area contributed by atoms with Gasteiger partial charge in [0.1, 0.15) is 18.9 Å². The van der Waals surface area contributed by atoms with Crippen molar-refractivity contribution in [3.05, 3.63) is 64.3 Å². The van der Waals surface area contributed by atoms with Crippen LogP contribution in [-0.4, -0.2) is 52.7 Å². The number of dihydropyridines is 1. The molecule has 3 rings (SSSR count). The molecule has 0 unspecified atom stereocenters. The number of carbonyl (C=O) groups excluding carboxylic acids is 3. The van der Waals surface area contributed by atoms with E-state index in [1.54, 1.807) is 58.9 Å². The number of ether oxygens (including phenoxy) is 4. The Morgan fingerprint density at radius 1 is 0.919 bits per heavy atom. The second-order valence-corrected chi connectivity index (χ2v) is 8.09. The molecule has 1 aromatic carbocycles. The highest BCUT2D eigenvalue weighted by Crippen LogP contribution is 2.42. The van der Waals surface area contributed by atoms with Crippen LogP contribution in [0.25, 0.3) is 0 Å². The van der Waals surface area contributed by atoms with Crippen LogP contribution < -0.4 is 10.1 Å². The average molecular weight is 513 g/mol. The number of nitrogens with zero attached hydrogens (tertiary/aromatic N) is 3. The third kappa shape index (κ3) is 6.35. The van der Waals surface area contributed by atoms with Gasteiger partial charge in [0, 0.05) is 17.0 Å². The van der Waals surface area contributed by atoms with Gasteiger partial charge in [-0.25, -0.2) is 14.3 Å². The van der Waals surface area contributed by atoms with Crippen molar-refractivity contribution in [1.29, 1.82) is 0 Å². The molecule has 0 amide bonds. The second-order valence-electron chi connectivity index (χ2n) is 8.09. The first-order valence-electron chi connectivity index (χ1n) is 12.1. The minimum absolute atomic E-state index is 0.0310. The average Bonchev–Trinajstić information content (AvgIpc) is 3.29. The maximum absolute atomic E-state index is 13.1. The molecule has 0 atom stereocenters. The molecule has 0 bridgehead atoms. The Hall–Kier alpha value is -4.15. The summed E-state index contributed by atoms with van der Waals surface area (Å²) in [5, 5.41) is 10.9. The highest BCUT2D eigenvalue weighted by molar-refractivity contribution is 6.00. The molecule has 0 saturated heterocycles. The van der Waals surface area contributed by atoms with Gasteiger partial charge in [-0.2, -0.15) is 0 Å². The van der Waals surface area contributed by atoms with Crippen molar-refractivity contribution in [1.82, 2.24) is 20.3 Å². The molecule has 198 valence electrons. The van der Waals surface area contributed by atoms with Crippen molar-refractivity contribution in [2.75, 3.05) is 19.8 Å². The van der Waals surface area contributed by atoms with Crippen LogP contribution in [-0.2, 0) is 41.7 Å². The Morgan fingerprint density at radius 2 is 1.51 bits per heavy atom. The van der Waals surface area contributed by atoms with Crippen LogP contribution in [0.4, 0.5) is 0 Å². The molecular formula is C26H32N4O7. The number of carbonyl (C=O) groups is 3. The van der Waals surface area contributed by atoms with E-state index in [9.17, 15) is 14.4 Å². The molecule has 1 N–H and O–H groups in total. The van der Waals surface area contributed by atoms with Crippen molar-refractivity contribution < 1.29 is 33.3 Å².